The van der Waals surface area contributed by atoms with Gasteiger partial charge in [-0.2, -0.15) is 0 Å². The lowest BCUT2D eigenvalue weighted by Crippen LogP contribution is -2.61. The molecule has 8 nitrogen and oxygen atoms in total. The van der Waals surface area contributed by atoms with Crippen LogP contribution in [0.25, 0.3) is 11.1 Å². The number of anilines is 18. The van der Waals surface area contributed by atoms with E-state index in [2.05, 4.69) is 384 Å². The van der Waals surface area contributed by atoms with Crippen LogP contribution in [-0.2, 0) is 11.8 Å². The molecule has 0 amide bonds. The fourth-order valence-corrected chi connectivity index (χ4v) is 18.6. The highest BCUT2D eigenvalue weighted by Gasteiger charge is 2.49. The molecule has 0 saturated heterocycles. The van der Waals surface area contributed by atoms with Gasteiger partial charge in [0.2, 0.25) is 0 Å². The zero-order chi connectivity index (χ0) is 69.3. The average molecular weight is 1350 g/mol. The molecule has 7 heterocycles. The Morgan fingerprint density at radius 1 is 0.295 bits per heavy atom. The van der Waals surface area contributed by atoms with Gasteiger partial charge in [-0.25, -0.2) is 0 Å². The smallest absolute Gasteiger partial charge is 0.252 e. The Kier molecular flexibility index (Phi) is 12.8. The molecule has 22 rings (SSSR count). The largest absolute Gasteiger partial charge is 0.453 e. The summed E-state index contributed by atoms with van der Waals surface area (Å²) in [6.07, 6.45) is 0.788. The van der Waals surface area contributed by atoms with Crippen molar-refractivity contribution < 1.29 is 9.47 Å². The highest BCUT2D eigenvalue weighted by Crippen LogP contribution is 2.59. The number of fused-ring (bicyclic) bond motifs is 14. The molecule has 10 heteroatoms. The Morgan fingerprint density at radius 3 is 1.37 bits per heavy atom. The van der Waals surface area contributed by atoms with Crippen molar-refractivity contribution in [3.63, 3.8) is 0 Å². The second kappa shape index (κ2) is 22.7. The molecule has 0 aromatic heterocycles. The number of hydrogen-bond donors (Lipinski definition) is 0. The number of benzene rings is 15. The van der Waals surface area contributed by atoms with Crippen LogP contribution in [-0.4, -0.2) is 13.4 Å². The van der Waals surface area contributed by atoms with E-state index in [1.165, 1.54) is 89.0 Å². The molecule has 494 valence electrons. The van der Waals surface area contributed by atoms with Crippen LogP contribution in [0.5, 0.6) is 23.0 Å². The van der Waals surface area contributed by atoms with Gasteiger partial charge in [-0.05, 0) is 233 Å². The third kappa shape index (κ3) is 8.77. The minimum atomic E-state index is -0.386. The Morgan fingerprint density at radius 2 is 0.752 bits per heavy atom. The van der Waals surface area contributed by atoms with Gasteiger partial charge >= 0.3 is 0 Å². The number of hydrogen-bond acceptors (Lipinski definition) is 8. The number of nitrogens with zero attached hydrogens (tertiary/aromatic N) is 6. The topological polar surface area (TPSA) is 37.9 Å². The average Bonchev–Trinajstić information content (AvgIpc) is 0.697. The maximum absolute atomic E-state index is 6.79. The lowest BCUT2D eigenvalue weighted by Gasteiger charge is -2.47. The molecular weight excluding hydrogens is 1280 g/mol. The van der Waals surface area contributed by atoms with E-state index < -0.39 is 0 Å². The fourth-order valence-electron chi connectivity index (χ4n) is 18.6. The predicted molar refractivity (Wildman–Crippen MR) is 436 cm³/mol. The van der Waals surface area contributed by atoms with Crippen LogP contribution < -0.4 is 71.7 Å². The van der Waals surface area contributed by atoms with Crippen LogP contribution in [0.4, 0.5) is 102 Å². The van der Waals surface area contributed by atoms with E-state index in [1.807, 2.05) is 0 Å². The molecule has 0 saturated carbocycles. The standard InChI is InChI=1S/C95H66B2N6O2/c1-60-39-46-68(47-40-60)100-79-54-41-61(2)55-76(79)96-73-53-52-70(58-84(73)101(66-23-8-5-9-24-66)83-34-20-33-82(100)91(83)96)98(65-21-6-4-7-22-65)67-48-42-62(43-49-67)59-95(3)71-25-10-12-29-77(71)99(78-30-13-11-26-72(78)95)69-50-44-63(45-51-69)64-56-85-92-86(57-64)103-81-32-15-17-36-88(81)105-90-38-19-28-75(94(90)103)97(92)74-27-18-37-89-93(74)102(85)80-31-14-16-35-87(80)104-89/h4-58H,59H2,1-3H3. The van der Waals surface area contributed by atoms with Crippen LogP contribution in [0.15, 0.2) is 334 Å². The maximum Gasteiger partial charge on any atom is 0.252 e. The zero-order valence-electron chi connectivity index (χ0n) is 58.1. The summed E-state index contributed by atoms with van der Waals surface area (Å²) in [5.74, 6) is 3.38. The number of ether oxygens (including phenoxy) is 2. The van der Waals surface area contributed by atoms with Gasteiger partial charge in [0.1, 0.15) is 0 Å². The van der Waals surface area contributed by atoms with Crippen molar-refractivity contribution in [2.24, 2.45) is 0 Å². The summed E-state index contributed by atoms with van der Waals surface area (Å²) in [6.45, 7) is 6.77. The zero-order valence-corrected chi connectivity index (χ0v) is 58.1. The van der Waals surface area contributed by atoms with Gasteiger partial charge in [0.05, 0.1) is 34.1 Å². The highest BCUT2D eigenvalue weighted by molar-refractivity contribution is 7.01. The molecule has 0 N–H and O–H groups in total. The predicted octanol–water partition coefficient (Wildman–Crippen LogP) is 21.1. The molecular formula is C95H66B2N6O2. The molecule has 0 atom stereocenters. The summed E-state index contributed by atoms with van der Waals surface area (Å²) < 4.78 is 13.6. The highest BCUT2D eigenvalue weighted by atomic mass is 16.5. The molecule has 7 aliphatic heterocycles. The van der Waals surface area contributed by atoms with Crippen molar-refractivity contribution in [3.05, 3.63) is 361 Å². The molecule has 105 heavy (non-hydrogen) atoms. The summed E-state index contributed by atoms with van der Waals surface area (Å²) in [6, 6.07) is 123. The molecule has 0 unspecified atom stereocenters. The van der Waals surface area contributed by atoms with E-state index >= 15 is 0 Å². The first-order chi connectivity index (χ1) is 51.8. The molecule has 0 fully saturated rings. The lowest BCUT2D eigenvalue weighted by atomic mass is 9.33. The van der Waals surface area contributed by atoms with Crippen molar-refractivity contribution in [1.82, 2.24) is 0 Å². The van der Waals surface area contributed by atoms with Gasteiger partial charge in [-0.1, -0.05) is 200 Å². The number of para-hydroxylation sites is 10. The Labute approximate surface area is 611 Å². The van der Waals surface area contributed by atoms with Crippen LogP contribution in [0.1, 0.15) is 34.7 Å². The van der Waals surface area contributed by atoms with Gasteiger partial charge in [-0.15, -0.1) is 0 Å². The quantitative estimate of drug-likeness (QED) is 0.132. The van der Waals surface area contributed by atoms with E-state index in [1.54, 1.807) is 0 Å². The molecule has 0 bridgehead atoms. The molecule has 0 radical (unpaired) electrons. The van der Waals surface area contributed by atoms with Crippen LogP contribution in [0.3, 0.4) is 0 Å². The first kappa shape index (κ1) is 59.5. The summed E-state index contributed by atoms with van der Waals surface area (Å²) in [4.78, 5) is 14.8. The van der Waals surface area contributed by atoms with Crippen LogP contribution in [0.2, 0.25) is 0 Å². The molecule has 15 aromatic carbocycles. The molecule has 0 spiro atoms. The summed E-state index contributed by atoms with van der Waals surface area (Å²) >= 11 is 0. The lowest BCUT2D eigenvalue weighted by molar-refractivity contribution is 0.477. The van der Waals surface area contributed by atoms with Gasteiger partial charge in [0.25, 0.3) is 13.4 Å². The van der Waals surface area contributed by atoms with Crippen LogP contribution >= 0.6 is 0 Å². The van der Waals surface area contributed by atoms with E-state index in [-0.39, 0.29) is 18.8 Å². The van der Waals surface area contributed by atoms with Crippen molar-refractivity contribution >= 4 is 149 Å². The Hall–Kier alpha value is -13.2. The van der Waals surface area contributed by atoms with Crippen molar-refractivity contribution in [2.75, 3.05) is 29.4 Å². The van der Waals surface area contributed by atoms with E-state index in [9.17, 15) is 0 Å². The van der Waals surface area contributed by atoms with Crippen LogP contribution in [0, 0.1) is 13.8 Å². The third-order valence-corrected chi connectivity index (χ3v) is 23.1. The van der Waals surface area contributed by atoms with Gasteiger partial charge in [-0.3, -0.25) is 0 Å². The third-order valence-electron chi connectivity index (χ3n) is 23.1. The molecule has 7 aliphatic rings. The van der Waals surface area contributed by atoms with Gasteiger partial charge < -0.3 is 38.9 Å². The minimum absolute atomic E-state index is 0.00161. The van der Waals surface area contributed by atoms with E-state index in [0.717, 1.165) is 114 Å². The fraction of sp³-hybridized carbons (Fsp3) is 0.0526. The number of aryl methyl sites for hydroxylation is 2. The van der Waals surface area contributed by atoms with Crippen molar-refractivity contribution in [1.29, 1.82) is 0 Å². The number of rotatable bonds is 9. The summed E-state index contributed by atoms with van der Waals surface area (Å²) in [5, 5.41) is 0. The molecule has 15 aromatic rings. The summed E-state index contributed by atoms with van der Waals surface area (Å²) in [5.41, 5.74) is 36.0. The van der Waals surface area contributed by atoms with Gasteiger partial charge in [0.15, 0.2) is 23.0 Å². The first-order valence-electron chi connectivity index (χ1n) is 36.5. The second-order valence-corrected chi connectivity index (χ2v) is 29.1. The summed E-state index contributed by atoms with van der Waals surface area (Å²) in [7, 11) is 0. The van der Waals surface area contributed by atoms with Gasteiger partial charge in [0, 0.05) is 73.7 Å². The normalized spacial score (nSPS) is 14.2. The Bertz CT molecular complexity index is 5950. The SMILES string of the molecule is Cc1ccc(N2c3ccc(C)cc3B3c4ccc(N(c5ccccc5)c5ccc(CC6(C)c7ccccc7N(c7ccc(-c8cc9c%10c(c8)N8c%11ccccc%11Oc%11cccc(c%118)B%10c8cccc%10c8N9c8ccccc8O%10)cc7)c7ccccc76)cc5)cc4N(c4ccccc4)c4cccc2c43)cc1. The first-order valence-corrected chi connectivity index (χ1v) is 36.5. The Balaban J connectivity index is 0.620. The molecule has 0 aliphatic carbocycles. The minimum Gasteiger partial charge on any atom is -0.453 e. The second-order valence-electron chi connectivity index (χ2n) is 29.1. The van der Waals surface area contributed by atoms with Crippen molar-refractivity contribution in [2.45, 2.75) is 32.6 Å². The maximum atomic E-state index is 6.79. The van der Waals surface area contributed by atoms with Crippen molar-refractivity contribution in [3.8, 4) is 34.1 Å². The van der Waals surface area contributed by atoms with E-state index in [4.69, 9.17) is 9.47 Å². The monoisotopic (exact) mass is 1340 g/mol. The van der Waals surface area contributed by atoms with E-state index in [0.29, 0.717) is 0 Å².